The van der Waals surface area contributed by atoms with Gasteiger partial charge in [-0.25, -0.2) is 4.98 Å². The van der Waals surface area contributed by atoms with E-state index in [0.717, 1.165) is 0 Å². The Kier molecular flexibility index (Phi) is 5.15. The highest BCUT2D eigenvalue weighted by Crippen LogP contribution is 2.15. The second-order valence-corrected chi connectivity index (χ2v) is 4.03. The summed E-state index contributed by atoms with van der Waals surface area (Å²) in [6.07, 6.45) is 3.12. The van der Waals surface area contributed by atoms with Crippen LogP contribution in [0.4, 0.5) is 0 Å². The minimum Gasteiger partial charge on any atom is -0.480 e. The van der Waals surface area contributed by atoms with Crippen molar-refractivity contribution in [3.63, 3.8) is 0 Å². The molecule has 94 valence electrons. The molecule has 1 aromatic rings. The zero-order chi connectivity index (χ0) is 12.8. The fraction of sp³-hybridized carbons (Fsp3) is 0.545. The largest absolute Gasteiger partial charge is 0.480 e. The molecule has 0 aliphatic rings. The van der Waals surface area contributed by atoms with Gasteiger partial charge in [0.15, 0.2) is 0 Å². The summed E-state index contributed by atoms with van der Waals surface area (Å²) >= 11 is 5.57. The molecule has 0 radical (unpaired) electrons. The molecule has 6 heteroatoms. The summed E-state index contributed by atoms with van der Waals surface area (Å²) in [6.45, 7) is 4.20. The molecule has 0 fully saturated rings. The quantitative estimate of drug-likeness (QED) is 0.750. The lowest BCUT2D eigenvalue weighted by Crippen LogP contribution is -2.37. The number of hydrogen-bond donors (Lipinski definition) is 0. The van der Waals surface area contributed by atoms with E-state index in [2.05, 4.69) is 9.97 Å². The molecule has 0 saturated heterocycles. The van der Waals surface area contributed by atoms with Gasteiger partial charge in [0.25, 0.3) is 0 Å². The third kappa shape index (κ3) is 3.56. The zero-order valence-electron chi connectivity index (χ0n) is 10.2. The molecular formula is C11H16ClN3O2. The van der Waals surface area contributed by atoms with Gasteiger partial charge >= 0.3 is 0 Å². The molecule has 5 nitrogen and oxygen atoms in total. The molecule has 0 unspecified atom stereocenters. The van der Waals surface area contributed by atoms with Crippen LogP contribution in [0.5, 0.6) is 5.88 Å². The maximum atomic E-state index is 11.7. The zero-order valence-corrected chi connectivity index (χ0v) is 10.9. The van der Waals surface area contributed by atoms with E-state index in [9.17, 15) is 4.79 Å². The van der Waals surface area contributed by atoms with E-state index in [1.54, 1.807) is 17.3 Å². The summed E-state index contributed by atoms with van der Waals surface area (Å²) in [5.41, 5.74) is 0.627. The molecule has 0 atom stereocenters. The number of carbonyl (C=O) groups is 1. The predicted molar refractivity (Wildman–Crippen MR) is 65.0 cm³/mol. The Labute approximate surface area is 106 Å². The lowest BCUT2D eigenvalue weighted by atomic mass is 10.3. The van der Waals surface area contributed by atoms with Gasteiger partial charge in [-0.15, -0.1) is 11.6 Å². The van der Waals surface area contributed by atoms with Crippen molar-refractivity contribution in [2.45, 2.75) is 26.4 Å². The SMILES string of the molecule is COc1nccnc1CN(C(=O)CCl)C(C)C. The van der Waals surface area contributed by atoms with Crippen LogP contribution in [0.25, 0.3) is 0 Å². The predicted octanol–water partition coefficient (Wildman–Crippen LogP) is 1.46. The van der Waals surface area contributed by atoms with Crippen molar-refractivity contribution in [3.8, 4) is 5.88 Å². The van der Waals surface area contributed by atoms with Crippen LogP contribution in [0.3, 0.4) is 0 Å². The topological polar surface area (TPSA) is 55.3 Å². The molecule has 0 N–H and O–H groups in total. The molecule has 0 aromatic carbocycles. The molecule has 0 saturated carbocycles. The third-order valence-electron chi connectivity index (χ3n) is 2.31. The Morgan fingerprint density at radius 3 is 2.65 bits per heavy atom. The van der Waals surface area contributed by atoms with Gasteiger partial charge in [-0.1, -0.05) is 0 Å². The first kappa shape index (κ1) is 13.7. The van der Waals surface area contributed by atoms with E-state index in [0.29, 0.717) is 18.1 Å². The van der Waals surface area contributed by atoms with Crippen LogP contribution in [0.15, 0.2) is 12.4 Å². The minimum absolute atomic E-state index is 0.0409. The molecule has 1 aromatic heterocycles. The molecule has 1 amide bonds. The maximum Gasteiger partial charge on any atom is 0.238 e. The highest BCUT2D eigenvalue weighted by molar-refractivity contribution is 6.27. The molecule has 1 rings (SSSR count). The van der Waals surface area contributed by atoms with Crippen molar-refractivity contribution in [3.05, 3.63) is 18.1 Å². The number of hydrogen-bond acceptors (Lipinski definition) is 4. The van der Waals surface area contributed by atoms with E-state index in [-0.39, 0.29) is 17.8 Å². The molecule has 1 heterocycles. The van der Waals surface area contributed by atoms with E-state index in [4.69, 9.17) is 16.3 Å². The van der Waals surface area contributed by atoms with Crippen molar-refractivity contribution in [1.82, 2.24) is 14.9 Å². The van der Waals surface area contributed by atoms with E-state index < -0.39 is 0 Å². The molecular weight excluding hydrogens is 242 g/mol. The molecule has 0 bridgehead atoms. The average molecular weight is 258 g/mol. The number of carbonyl (C=O) groups excluding carboxylic acids is 1. The van der Waals surface area contributed by atoms with Crippen LogP contribution in [-0.4, -0.2) is 39.8 Å². The van der Waals surface area contributed by atoms with Gasteiger partial charge in [0.1, 0.15) is 11.6 Å². The second-order valence-electron chi connectivity index (χ2n) is 3.76. The Morgan fingerprint density at radius 2 is 2.12 bits per heavy atom. The average Bonchev–Trinajstić information content (AvgIpc) is 2.35. The van der Waals surface area contributed by atoms with E-state index in [1.165, 1.54) is 7.11 Å². The Balaban J connectivity index is 2.89. The molecule has 0 spiro atoms. The summed E-state index contributed by atoms with van der Waals surface area (Å²) in [7, 11) is 1.52. The van der Waals surface area contributed by atoms with Gasteiger partial charge in [0.2, 0.25) is 11.8 Å². The van der Waals surface area contributed by atoms with Gasteiger partial charge in [0, 0.05) is 18.4 Å². The summed E-state index contributed by atoms with van der Waals surface area (Å²) < 4.78 is 5.09. The van der Waals surface area contributed by atoms with Crippen molar-refractivity contribution in [2.75, 3.05) is 13.0 Å². The number of aromatic nitrogens is 2. The number of halogens is 1. The van der Waals surface area contributed by atoms with Crippen LogP contribution >= 0.6 is 11.6 Å². The van der Waals surface area contributed by atoms with Crippen LogP contribution < -0.4 is 4.74 Å². The highest BCUT2D eigenvalue weighted by Gasteiger charge is 2.19. The van der Waals surface area contributed by atoms with E-state index in [1.807, 2.05) is 13.8 Å². The van der Waals surface area contributed by atoms with Crippen molar-refractivity contribution in [1.29, 1.82) is 0 Å². The van der Waals surface area contributed by atoms with Gasteiger partial charge in [0.05, 0.1) is 13.7 Å². The number of amides is 1. The van der Waals surface area contributed by atoms with Crippen molar-refractivity contribution >= 4 is 17.5 Å². The maximum absolute atomic E-state index is 11.7. The first-order valence-corrected chi connectivity index (χ1v) is 5.83. The monoisotopic (exact) mass is 257 g/mol. The molecule has 0 aliphatic carbocycles. The minimum atomic E-state index is -0.130. The summed E-state index contributed by atoms with van der Waals surface area (Å²) in [6, 6.07) is 0.0490. The summed E-state index contributed by atoms with van der Waals surface area (Å²) in [5.74, 6) is 0.260. The summed E-state index contributed by atoms with van der Waals surface area (Å²) in [4.78, 5) is 21.5. The van der Waals surface area contributed by atoms with Gasteiger partial charge in [-0.3, -0.25) is 9.78 Å². The van der Waals surface area contributed by atoms with Crippen LogP contribution in [0.1, 0.15) is 19.5 Å². The number of ether oxygens (including phenoxy) is 1. The lowest BCUT2D eigenvalue weighted by molar-refractivity contribution is -0.130. The normalized spacial score (nSPS) is 10.4. The Bertz CT molecular complexity index is 385. The summed E-state index contributed by atoms with van der Waals surface area (Å²) in [5, 5.41) is 0. The van der Waals surface area contributed by atoms with Gasteiger partial charge in [-0.2, -0.15) is 0 Å². The molecule has 17 heavy (non-hydrogen) atoms. The first-order valence-electron chi connectivity index (χ1n) is 5.29. The van der Waals surface area contributed by atoms with Gasteiger partial charge in [-0.05, 0) is 13.8 Å². The Hall–Kier alpha value is -1.36. The third-order valence-corrected chi connectivity index (χ3v) is 2.54. The second kappa shape index (κ2) is 6.39. The smallest absolute Gasteiger partial charge is 0.238 e. The number of alkyl halides is 1. The van der Waals surface area contributed by atoms with Gasteiger partial charge < -0.3 is 9.64 Å². The molecule has 0 aliphatic heterocycles. The number of rotatable bonds is 5. The van der Waals surface area contributed by atoms with Crippen molar-refractivity contribution in [2.24, 2.45) is 0 Å². The van der Waals surface area contributed by atoms with Crippen LogP contribution in [-0.2, 0) is 11.3 Å². The Morgan fingerprint density at radius 1 is 1.47 bits per heavy atom. The van der Waals surface area contributed by atoms with E-state index >= 15 is 0 Å². The first-order chi connectivity index (χ1) is 8.10. The van der Waals surface area contributed by atoms with Crippen LogP contribution in [0.2, 0.25) is 0 Å². The van der Waals surface area contributed by atoms with Crippen LogP contribution in [0, 0.1) is 0 Å². The number of methoxy groups -OCH3 is 1. The highest BCUT2D eigenvalue weighted by atomic mass is 35.5. The standard InChI is InChI=1S/C11H16ClN3O2/c1-8(2)15(10(16)6-12)7-9-11(17-3)14-5-4-13-9/h4-5,8H,6-7H2,1-3H3. The lowest BCUT2D eigenvalue weighted by Gasteiger charge is -2.25. The number of nitrogens with zero attached hydrogens (tertiary/aromatic N) is 3. The fourth-order valence-corrected chi connectivity index (χ4v) is 1.58. The fourth-order valence-electron chi connectivity index (χ4n) is 1.43. The van der Waals surface area contributed by atoms with Crippen molar-refractivity contribution < 1.29 is 9.53 Å².